The number of hydrogen-bond acceptors (Lipinski definition) is 3. The second kappa shape index (κ2) is 6.06. The minimum absolute atomic E-state index is 0.197. The number of hydrogen-bond donors (Lipinski definition) is 3. The van der Waals surface area contributed by atoms with E-state index in [0.717, 1.165) is 0 Å². The minimum atomic E-state index is -0.263. The summed E-state index contributed by atoms with van der Waals surface area (Å²) in [5.41, 5.74) is 8.04. The highest BCUT2D eigenvalue weighted by Gasteiger charge is 2.07. The molecule has 2 aromatic carbocycles. The van der Waals surface area contributed by atoms with Crippen LogP contribution in [0.4, 0.5) is 15.8 Å². The molecule has 0 heterocycles. The van der Waals surface area contributed by atoms with Gasteiger partial charge in [-0.3, -0.25) is 4.79 Å². The molecule has 0 atom stereocenters. The maximum atomic E-state index is 13.5. The number of rotatable bonds is 4. The molecular formula is C15H16FN3O. The molecule has 5 heteroatoms. The number of benzene rings is 2. The van der Waals surface area contributed by atoms with Gasteiger partial charge >= 0.3 is 0 Å². The van der Waals surface area contributed by atoms with Crippen molar-refractivity contribution in [2.24, 2.45) is 0 Å². The summed E-state index contributed by atoms with van der Waals surface area (Å²) in [6.07, 6.45) is 0. The third-order valence-electron chi connectivity index (χ3n) is 2.97. The van der Waals surface area contributed by atoms with Crippen LogP contribution >= 0.6 is 0 Å². The number of anilines is 2. The Labute approximate surface area is 116 Å². The van der Waals surface area contributed by atoms with E-state index in [9.17, 15) is 9.18 Å². The van der Waals surface area contributed by atoms with Crippen molar-refractivity contribution in [1.82, 2.24) is 5.32 Å². The molecule has 0 aliphatic carbocycles. The van der Waals surface area contributed by atoms with Gasteiger partial charge in [-0.05, 0) is 24.3 Å². The second-order valence-electron chi connectivity index (χ2n) is 4.33. The lowest BCUT2D eigenvalue weighted by molar-refractivity contribution is 0.0963. The zero-order valence-corrected chi connectivity index (χ0v) is 11.1. The van der Waals surface area contributed by atoms with Crippen LogP contribution in [-0.2, 0) is 6.54 Å². The van der Waals surface area contributed by atoms with Gasteiger partial charge in [-0.25, -0.2) is 4.39 Å². The molecule has 0 saturated heterocycles. The number of nitrogens with two attached hydrogens (primary N) is 1. The third-order valence-corrected chi connectivity index (χ3v) is 2.97. The van der Waals surface area contributed by atoms with Crippen molar-refractivity contribution in [2.75, 3.05) is 18.1 Å². The standard InChI is InChI=1S/C15H16FN3O/c1-18-15(20)10-6-7-14(13(17)8-10)19-9-11-4-2-3-5-12(11)16/h2-8,19H,9,17H2,1H3,(H,18,20). The lowest BCUT2D eigenvalue weighted by atomic mass is 10.1. The largest absolute Gasteiger partial charge is 0.397 e. The first-order valence-corrected chi connectivity index (χ1v) is 6.20. The smallest absolute Gasteiger partial charge is 0.251 e. The van der Waals surface area contributed by atoms with Gasteiger partial charge < -0.3 is 16.4 Å². The van der Waals surface area contributed by atoms with Crippen LogP contribution in [0.25, 0.3) is 0 Å². The van der Waals surface area contributed by atoms with Gasteiger partial charge in [-0.1, -0.05) is 18.2 Å². The highest BCUT2D eigenvalue weighted by atomic mass is 19.1. The molecule has 0 fully saturated rings. The summed E-state index contributed by atoms with van der Waals surface area (Å²) in [5, 5.41) is 5.59. The summed E-state index contributed by atoms with van der Waals surface area (Å²) in [4.78, 5) is 11.5. The minimum Gasteiger partial charge on any atom is -0.397 e. The molecule has 0 spiro atoms. The van der Waals surface area contributed by atoms with E-state index in [0.29, 0.717) is 29.0 Å². The number of nitrogen functional groups attached to an aromatic ring is 1. The molecule has 0 aliphatic heterocycles. The Morgan fingerprint density at radius 3 is 2.65 bits per heavy atom. The lowest BCUT2D eigenvalue weighted by Crippen LogP contribution is -2.18. The van der Waals surface area contributed by atoms with E-state index in [1.807, 2.05) is 0 Å². The second-order valence-corrected chi connectivity index (χ2v) is 4.33. The summed E-state index contributed by atoms with van der Waals surface area (Å²) in [6, 6.07) is 11.5. The van der Waals surface area contributed by atoms with Crippen LogP contribution in [0.5, 0.6) is 0 Å². The fraction of sp³-hybridized carbons (Fsp3) is 0.133. The number of carbonyl (C=O) groups is 1. The number of nitrogens with one attached hydrogen (secondary N) is 2. The van der Waals surface area contributed by atoms with E-state index in [4.69, 9.17) is 5.73 Å². The molecule has 0 bridgehead atoms. The Morgan fingerprint density at radius 1 is 1.25 bits per heavy atom. The molecule has 4 nitrogen and oxygen atoms in total. The van der Waals surface area contributed by atoms with Crippen molar-refractivity contribution in [2.45, 2.75) is 6.54 Å². The van der Waals surface area contributed by atoms with Gasteiger partial charge in [0.2, 0.25) is 0 Å². The van der Waals surface area contributed by atoms with Crippen LogP contribution in [-0.4, -0.2) is 13.0 Å². The van der Waals surface area contributed by atoms with Gasteiger partial charge in [0.25, 0.3) is 5.91 Å². The molecule has 1 amide bonds. The molecule has 2 rings (SSSR count). The summed E-state index contributed by atoms with van der Waals surface area (Å²) >= 11 is 0. The van der Waals surface area contributed by atoms with Gasteiger partial charge in [0.05, 0.1) is 11.4 Å². The molecule has 2 aromatic rings. The molecule has 0 unspecified atom stereocenters. The van der Waals surface area contributed by atoms with Crippen molar-refractivity contribution in [3.05, 3.63) is 59.4 Å². The van der Waals surface area contributed by atoms with E-state index in [1.165, 1.54) is 6.07 Å². The van der Waals surface area contributed by atoms with Crippen LogP contribution in [0.3, 0.4) is 0 Å². The van der Waals surface area contributed by atoms with Gasteiger partial charge in [0.1, 0.15) is 5.82 Å². The Balaban J connectivity index is 2.11. The summed E-state index contributed by atoms with van der Waals surface area (Å²) in [5.74, 6) is -0.460. The maximum Gasteiger partial charge on any atom is 0.251 e. The van der Waals surface area contributed by atoms with Crippen LogP contribution in [0.1, 0.15) is 15.9 Å². The van der Waals surface area contributed by atoms with Gasteiger partial charge in [-0.2, -0.15) is 0 Å². The molecule has 0 aromatic heterocycles. The third kappa shape index (κ3) is 3.06. The van der Waals surface area contributed by atoms with Crippen LogP contribution < -0.4 is 16.4 Å². The number of halogens is 1. The average Bonchev–Trinajstić information content (AvgIpc) is 2.46. The summed E-state index contributed by atoms with van der Waals surface area (Å²) in [7, 11) is 1.56. The molecule has 104 valence electrons. The van der Waals surface area contributed by atoms with Gasteiger partial charge in [-0.15, -0.1) is 0 Å². The normalized spacial score (nSPS) is 10.1. The van der Waals surface area contributed by atoms with Crippen molar-refractivity contribution < 1.29 is 9.18 Å². The quantitative estimate of drug-likeness (QED) is 0.749. The van der Waals surface area contributed by atoms with E-state index < -0.39 is 0 Å². The molecular weight excluding hydrogens is 257 g/mol. The number of carbonyl (C=O) groups excluding carboxylic acids is 1. The van der Waals surface area contributed by atoms with E-state index in [1.54, 1.807) is 43.4 Å². The predicted octanol–water partition coefficient (Wildman–Crippen LogP) is 2.38. The van der Waals surface area contributed by atoms with Crippen molar-refractivity contribution in [3.63, 3.8) is 0 Å². The molecule has 0 aliphatic rings. The topological polar surface area (TPSA) is 67.2 Å². The van der Waals surface area contributed by atoms with E-state index in [2.05, 4.69) is 10.6 Å². The molecule has 4 N–H and O–H groups in total. The SMILES string of the molecule is CNC(=O)c1ccc(NCc2ccccc2F)c(N)c1. The Kier molecular flexibility index (Phi) is 4.20. The summed E-state index contributed by atoms with van der Waals surface area (Å²) < 4.78 is 13.5. The van der Waals surface area contributed by atoms with Gasteiger partial charge in [0, 0.05) is 24.7 Å². The lowest BCUT2D eigenvalue weighted by Gasteiger charge is -2.11. The van der Waals surface area contributed by atoms with Crippen LogP contribution in [0.2, 0.25) is 0 Å². The first-order valence-electron chi connectivity index (χ1n) is 6.20. The average molecular weight is 273 g/mol. The fourth-order valence-electron chi connectivity index (χ4n) is 1.84. The number of amides is 1. The Morgan fingerprint density at radius 2 is 2.00 bits per heavy atom. The first-order chi connectivity index (χ1) is 9.61. The van der Waals surface area contributed by atoms with Crippen LogP contribution in [0, 0.1) is 5.82 Å². The predicted molar refractivity (Wildman–Crippen MR) is 78.0 cm³/mol. The monoisotopic (exact) mass is 273 g/mol. The Hall–Kier alpha value is -2.56. The molecule has 20 heavy (non-hydrogen) atoms. The summed E-state index contributed by atoms with van der Waals surface area (Å²) in [6.45, 7) is 0.330. The van der Waals surface area contributed by atoms with Gasteiger partial charge in [0.15, 0.2) is 0 Å². The fourth-order valence-corrected chi connectivity index (χ4v) is 1.84. The zero-order valence-electron chi connectivity index (χ0n) is 11.1. The first kappa shape index (κ1) is 13.9. The zero-order chi connectivity index (χ0) is 14.5. The maximum absolute atomic E-state index is 13.5. The Bertz CT molecular complexity index is 628. The highest BCUT2D eigenvalue weighted by Crippen LogP contribution is 2.21. The van der Waals surface area contributed by atoms with Crippen molar-refractivity contribution in [1.29, 1.82) is 0 Å². The van der Waals surface area contributed by atoms with Crippen molar-refractivity contribution >= 4 is 17.3 Å². The van der Waals surface area contributed by atoms with Crippen molar-refractivity contribution in [3.8, 4) is 0 Å². The molecule has 0 radical (unpaired) electrons. The highest BCUT2D eigenvalue weighted by molar-refractivity contribution is 5.95. The van der Waals surface area contributed by atoms with E-state index in [-0.39, 0.29) is 11.7 Å². The van der Waals surface area contributed by atoms with Crippen LogP contribution in [0.15, 0.2) is 42.5 Å². The molecule has 0 saturated carbocycles. The van der Waals surface area contributed by atoms with E-state index >= 15 is 0 Å².